The molecule has 0 aliphatic rings. The lowest BCUT2D eigenvalue weighted by molar-refractivity contribution is 0.361. The van der Waals surface area contributed by atoms with E-state index in [0.29, 0.717) is 34.7 Å². The van der Waals surface area contributed by atoms with Gasteiger partial charge in [-0.05, 0) is 0 Å². The molecule has 1 N–H and O–H groups in total. The fraction of sp³-hybridized carbons (Fsp3) is 0.286. The van der Waals surface area contributed by atoms with Crippen LogP contribution < -0.4 is 24.3 Å². The second kappa shape index (κ2) is 6.65. The molecule has 0 spiro atoms. The molecule has 0 atom stereocenters. The zero-order valence-corrected chi connectivity index (χ0v) is 12.3. The molecule has 0 fully saturated rings. The molecule has 0 amide bonds. The second-order valence-electron chi connectivity index (χ2n) is 3.96. The molecule has 0 aliphatic heterocycles. The Bertz CT molecular complexity index is 597. The van der Waals surface area contributed by atoms with Gasteiger partial charge in [-0.3, -0.25) is 0 Å². The van der Waals surface area contributed by atoms with E-state index in [1.807, 2.05) is 0 Å². The van der Waals surface area contributed by atoms with E-state index in [9.17, 15) is 0 Å². The molecular formula is C14H17N3O4. The van der Waals surface area contributed by atoms with Crippen molar-refractivity contribution in [1.29, 1.82) is 0 Å². The number of nitrogens with one attached hydrogen (secondary N) is 1. The number of rotatable bonds is 6. The van der Waals surface area contributed by atoms with Gasteiger partial charge in [-0.1, -0.05) is 0 Å². The summed E-state index contributed by atoms with van der Waals surface area (Å²) < 4.78 is 21.4. The molecule has 0 radical (unpaired) electrons. The van der Waals surface area contributed by atoms with Gasteiger partial charge in [0, 0.05) is 25.2 Å². The minimum absolute atomic E-state index is 0.298. The number of hydrogen-bond acceptors (Lipinski definition) is 7. The lowest BCUT2D eigenvalue weighted by Gasteiger charge is -2.13. The zero-order chi connectivity index (χ0) is 15.2. The van der Waals surface area contributed by atoms with Gasteiger partial charge in [0.25, 0.3) is 5.88 Å². The van der Waals surface area contributed by atoms with Gasteiger partial charge in [0.05, 0.1) is 21.3 Å². The number of ether oxygens (including phenoxy) is 4. The van der Waals surface area contributed by atoms with Crippen molar-refractivity contribution in [3.63, 3.8) is 0 Å². The maximum atomic E-state index is 5.75. The van der Waals surface area contributed by atoms with Crippen LogP contribution in [0.1, 0.15) is 0 Å². The Morgan fingerprint density at radius 3 is 2.00 bits per heavy atom. The SMILES string of the molecule is CNc1ncnc(Oc2cc(OC)cc(OC)c2)c1OC. The van der Waals surface area contributed by atoms with Gasteiger partial charge < -0.3 is 24.3 Å². The number of hydrogen-bond donors (Lipinski definition) is 1. The Hall–Kier alpha value is -2.70. The monoisotopic (exact) mass is 291 g/mol. The van der Waals surface area contributed by atoms with Crippen molar-refractivity contribution in [1.82, 2.24) is 9.97 Å². The third-order valence-electron chi connectivity index (χ3n) is 2.75. The predicted octanol–water partition coefficient (Wildman–Crippen LogP) is 2.34. The molecule has 0 saturated heterocycles. The Morgan fingerprint density at radius 2 is 1.48 bits per heavy atom. The van der Waals surface area contributed by atoms with Crippen LogP contribution in [0, 0.1) is 0 Å². The zero-order valence-electron chi connectivity index (χ0n) is 12.3. The van der Waals surface area contributed by atoms with Crippen LogP contribution in [0.5, 0.6) is 28.9 Å². The number of benzene rings is 1. The van der Waals surface area contributed by atoms with Gasteiger partial charge in [-0.2, -0.15) is 4.98 Å². The van der Waals surface area contributed by atoms with Crippen molar-refractivity contribution in [3.05, 3.63) is 24.5 Å². The topological polar surface area (TPSA) is 74.7 Å². The minimum atomic E-state index is 0.298. The first-order valence-corrected chi connectivity index (χ1v) is 6.19. The summed E-state index contributed by atoms with van der Waals surface area (Å²) in [4.78, 5) is 8.15. The van der Waals surface area contributed by atoms with Crippen LogP contribution in [0.25, 0.3) is 0 Å². The molecule has 112 valence electrons. The van der Waals surface area contributed by atoms with Gasteiger partial charge in [0.1, 0.15) is 23.6 Å². The van der Waals surface area contributed by atoms with Gasteiger partial charge >= 0.3 is 0 Å². The van der Waals surface area contributed by atoms with E-state index in [4.69, 9.17) is 18.9 Å². The van der Waals surface area contributed by atoms with E-state index in [1.165, 1.54) is 13.4 Å². The minimum Gasteiger partial charge on any atom is -0.496 e. The summed E-state index contributed by atoms with van der Waals surface area (Å²) in [7, 11) is 6.41. The lowest BCUT2D eigenvalue weighted by Crippen LogP contribution is -2.01. The van der Waals surface area contributed by atoms with Crippen molar-refractivity contribution in [2.24, 2.45) is 0 Å². The predicted molar refractivity (Wildman–Crippen MR) is 77.8 cm³/mol. The van der Waals surface area contributed by atoms with Crippen LogP contribution in [-0.4, -0.2) is 38.3 Å². The van der Waals surface area contributed by atoms with Gasteiger partial charge in [0.2, 0.25) is 5.75 Å². The number of methoxy groups -OCH3 is 3. The molecule has 1 heterocycles. The van der Waals surface area contributed by atoms with E-state index in [-0.39, 0.29) is 0 Å². The molecule has 0 bridgehead atoms. The van der Waals surface area contributed by atoms with Gasteiger partial charge in [0.15, 0.2) is 5.82 Å². The Labute approximate surface area is 122 Å². The first-order valence-electron chi connectivity index (χ1n) is 6.19. The molecule has 0 saturated carbocycles. The van der Waals surface area contributed by atoms with Crippen LogP contribution in [0.15, 0.2) is 24.5 Å². The summed E-state index contributed by atoms with van der Waals surface area (Å²) in [6.07, 6.45) is 1.39. The van der Waals surface area contributed by atoms with Crippen LogP contribution >= 0.6 is 0 Å². The van der Waals surface area contributed by atoms with Crippen molar-refractivity contribution < 1.29 is 18.9 Å². The number of aromatic nitrogens is 2. The third-order valence-corrected chi connectivity index (χ3v) is 2.75. The standard InChI is InChI=1S/C14H17N3O4/c1-15-13-12(20-4)14(17-8-16-13)21-11-6-9(18-2)5-10(7-11)19-3/h5-8H,1-4H3,(H,15,16,17). The highest BCUT2D eigenvalue weighted by Gasteiger charge is 2.14. The fourth-order valence-electron chi connectivity index (χ4n) is 1.74. The smallest absolute Gasteiger partial charge is 0.268 e. The Balaban J connectivity index is 2.38. The van der Waals surface area contributed by atoms with Crippen molar-refractivity contribution in [3.8, 4) is 28.9 Å². The molecule has 7 heteroatoms. The summed E-state index contributed by atoms with van der Waals surface area (Å²) in [6, 6.07) is 5.20. The summed E-state index contributed by atoms with van der Waals surface area (Å²) >= 11 is 0. The maximum Gasteiger partial charge on any atom is 0.268 e. The van der Waals surface area contributed by atoms with Crippen molar-refractivity contribution in [2.75, 3.05) is 33.7 Å². The highest BCUT2D eigenvalue weighted by Crippen LogP contribution is 2.36. The van der Waals surface area contributed by atoms with E-state index >= 15 is 0 Å². The van der Waals surface area contributed by atoms with E-state index < -0.39 is 0 Å². The van der Waals surface area contributed by atoms with E-state index in [1.54, 1.807) is 39.5 Å². The Kier molecular flexibility index (Phi) is 4.65. The summed E-state index contributed by atoms with van der Waals surface area (Å²) in [5, 5.41) is 2.91. The average molecular weight is 291 g/mol. The normalized spacial score (nSPS) is 9.90. The summed E-state index contributed by atoms with van der Waals surface area (Å²) in [5.74, 6) is 3.01. The maximum absolute atomic E-state index is 5.75. The van der Waals surface area contributed by atoms with Crippen LogP contribution in [0.3, 0.4) is 0 Å². The highest BCUT2D eigenvalue weighted by molar-refractivity contribution is 5.56. The Morgan fingerprint density at radius 1 is 0.857 bits per heavy atom. The number of anilines is 1. The van der Waals surface area contributed by atoms with Crippen LogP contribution in [0.4, 0.5) is 5.82 Å². The summed E-state index contributed by atoms with van der Waals surface area (Å²) in [5.41, 5.74) is 0. The molecular weight excluding hydrogens is 274 g/mol. The van der Waals surface area contributed by atoms with E-state index in [0.717, 1.165) is 0 Å². The molecule has 7 nitrogen and oxygen atoms in total. The first kappa shape index (κ1) is 14.7. The second-order valence-corrected chi connectivity index (χ2v) is 3.96. The molecule has 1 aromatic heterocycles. The van der Waals surface area contributed by atoms with Gasteiger partial charge in [-0.25, -0.2) is 4.98 Å². The fourth-order valence-corrected chi connectivity index (χ4v) is 1.74. The quantitative estimate of drug-likeness (QED) is 0.875. The molecule has 0 unspecified atom stereocenters. The molecule has 2 rings (SSSR count). The van der Waals surface area contributed by atoms with Crippen molar-refractivity contribution in [2.45, 2.75) is 0 Å². The van der Waals surface area contributed by atoms with Crippen molar-refractivity contribution >= 4 is 5.82 Å². The lowest BCUT2D eigenvalue weighted by atomic mass is 10.3. The van der Waals surface area contributed by atoms with Crippen LogP contribution in [0.2, 0.25) is 0 Å². The largest absolute Gasteiger partial charge is 0.496 e. The van der Waals surface area contributed by atoms with Gasteiger partial charge in [-0.15, -0.1) is 0 Å². The molecule has 0 aliphatic carbocycles. The van der Waals surface area contributed by atoms with E-state index in [2.05, 4.69) is 15.3 Å². The average Bonchev–Trinajstić information content (AvgIpc) is 2.54. The third kappa shape index (κ3) is 3.25. The number of nitrogens with zero attached hydrogens (tertiary/aromatic N) is 2. The molecule has 2 aromatic rings. The first-order chi connectivity index (χ1) is 10.2. The molecule has 1 aromatic carbocycles. The van der Waals surface area contributed by atoms with Crippen LogP contribution in [-0.2, 0) is 0 Å². The summed E-state index contributed by atoms with van der Waals surface area (Å²) in [6.45, 7) is 0. The highest BCUT2D eigenvalue weighted by atomic mass is 16.5. The molecule has 21 heavy (non-hydrogen) atoms.